The Bertz CT molecular complexity index is 316. The van der Waals surface area contributed by atoms with Crippen molar-refractivity contribution in [3.8, 4) is 0 Å². The first-order valence-corrected chi connectivity index (χ1v) is 6.36. The molecule has 84 valence electrons. The molecule has 0 aromatic carbocycles. The third-order valence-electron chi connectivity index (χ3n) is 3.03. The minimum atomic E-state index is -0.421. The molecule has 1 atom stereocenters. The summed E-state index contributed by atoms with van der Waals surface area (Å²) in [6, 6.07) is 0. The van der Waals surface area contributed by atoms with Crippen LogP contribution in [0.15, 0.2) is 5.38 Å². The molecule has 1 aliphatic rings. The zero-order valence-electron chi connectivity index (χ0n) is 9.31. The lowest BCUT2D eigenvalue weighted by Gasteiger charge is -2.27. The van der Waals surface area contributed by atoms with Crippen LogP contribution in [0.4, 0.5) is 0 Å². The van der Waals surface area contributed by atoms with E-state index in [1.165, 1.54) is 18.5 Å². The van der Waals surface area contributed by atoms with Gasteiger partial charge in [-0.2, -0.15) is 0 Å². The van der Waals surface area contributed by atoms with Crippen molar-refractivity contribution in [1.29, 1.82) is 0 Å². The van der Waals surface area contributed by atoms with Crippen LogP contribution < -0.4 is 0 Å². The van der Waals surface area contributed by atoms with E-state index in [2.05, 4.69) is 22.3 Å². The van der Waals surface area contributed by atoms with Crippen molar-refractivity contribution >= 4 is 11.3 Å². The van der Waals surface area contributed by atoms with Crippen LogP contribution in [0.25, 0.3) is 0 Å². The number of aliphatic hydroxyl groups excluding tert-OH is 1. The van der Waals surface area contributed by atoms with Crippen molar-refractivity contribution < 1.29 is 5.11 Å². The maximum absolute atomic E-state index is 9.42. The van der Waals surface area contributed by atoms with Crippen LogP contribution >= 0.6 is 11.3 Å². The lowest BCUT2D eigenvalue weighted by molar-refractivity contribution is 0.198. The summed E-state index contributed by atoms with van der Waals surface area (Å²) in [5, 5.41) is 12.4. The van der Waals surface area contributed by atoms with Gasteiger partial charge in [-0.1, -0.05) is 0 Å². The standard InChI is InChI=1S/C11H18N2OS/c1-8(14)11-12-10(7-15-11)9-3-5-13(2)6-4-9/h7-9,14H,3-6H2,1-2H3. The molecule has 1 aromatic rings. The van der Waals surface area contributed by atoms with Gasteiger partial charge >= 0.3 is 0 Å². The highest BCUT2D eigenvalue weighted by Gasteiger charge is 2.21. The molecule has 0 amide bonds. The Balaban J connectivity index is 2.03. The second-order valence-corrected chi connectivity index (χ2v) is 5.25. The highest BCUT2D eigenvalue weighted by molar-refractivity contribution is 7.09. The predicted molar refractivity (Wildman–Crippen MR) is 62.2 cm³/mol. The molecule has 0 saturated carbocycles. The molecule has 0 radical (unpaired) electrons. The van der Waals surface area contributed by atoms with Gasteiger partial charge in [0.05, 0.1) is 5.69 Å². The molecular weight excluding hydrogens is 208 g/mol. The van der Waals surface area contributed by atoms with Crippen LogP contribution in [-0.2, 0) is 0 Å². The molecule has 4 heteroatoms. The molecule has 0 spiro atoms. The van der Waals surface area contributed by atoms with Crippen LogP contribution in [0.2, 0.25) is 0 Å². The van der Waals surface area contributed by atoms with Gasteiger partial charge in [-0.05, 0) is 39.9 Å². The SMILES string of the molecule is CC(O)c1nc(C2CCN(C)CC2)cs1. The van der Waals surface area contributed by atoms with Crippen molar-refractivity contribution in [2.45, 2.75) is 31.8 Å². The van der Waals surface area contributed by atoms with Gasteiger partial charge in [-0.15, -0.1) is 11.3 Å². The Morgan fingerprint density at radius 3 is 2.73 bits per heavy atom. The summed E-state index contributed by atoms with van der Waals surface area (Å²) in [5.74, 6) is 0.602. The molecule has 15 heavy (non-hydrogen) atoms. The molecule has 2 heterocycles. The van der Waals surface area contributed by atoms with Gasteiger partial charge in [0.1, 0.15) is 11.1 Å². The van der Waals surface area contributed by atoms with E-state index in [1.807, 2.05) is 0 Å². The normalized spacial score (nSPS) is 21.8. The van der Waals surface area contributed by atoms with Crippen LogP contribution in [0.1, 0.15) is 42.5 Å². The number of rotatable bonds is 2. The number of thiazole rings is 1. The molecule has 0 aliphatic carbocycles. The maximum Gasteiger partial charge on any atom is 0.121 e. The number of aliphatic hydroxyl groups is 1. The van der Waals surface area contributed by atoms with Crippen LogP contribution in [0.3, 0.4) is 0 Å². The van der Waals surface area contributed by atoms with E-state index in [0.29, 0.717) is 5.92 Å². The van der Waals surface area contributed by atoms with Gasteiger partial charge in [-0.25, -0.2) is 4.98 Å². The van der Waals surface area contributed by atoms with Gasteiger partial charge in [0.2, 0.25) is 0 Å². The Morgan fingerprint density at radius 2 is 2.20 bits per heavy atom. The fourth-order valence-corrected chi connectivity index (χ4v) is 2.83. The van der Waals surface area contributed by atoms with E-state index in [0.717, 1.165) is 18.1 Å². The number of hydrogen-bond donors (Lipinski definition) is 1. The molecule has 1 saturated heterocycles. The Morgan fingerprint density at radius 1 is 1.53 bits per heavy atom. The zero-order valence-corrected chi connectivity index (χ0v) is 10.1. The molecule has 0 bridgehead atoms. The molecular formula is C11H18N2OS. The van der Waals surface area contributed by atoms with Crippen molar-refractivity contribution in [1.82, 2.24) is 9.88 Å². The minimum Gasteiger partial charge on any atom is -0.386 e. The summed E-state index contributed by atoms with van der Waals surface area (Å²) >= 11 is 1.58. The van der Waals surface area contributed by atoms with Gasteiger partial charge in [0.15, 0.2) is 0 Å². The minimum absolute atomic E-state index is 0.421. The summed E-state index contributed by atoms with van der Waals surface area (Å²) < 4.78 is 0. The monoisotopic (exact) mass is 226 g/mol. The average molecular weight is 226 g/mol. The highest BCUT2D eigenvalue weighted by atomic mass is 32.1. The molecule has 1 fully saturated rings. The van der Waals surface area contributed by atoms with E-state index < -0.39 is 6.10 Å². The highest BCUT2D eigenvalue weighted by Crippen LogP contribution is 2.29. The Kier molecular flexibility index (Phi) is 3.38. The second kappa shape index (κ2) is 4.60. The predicted octanol–water partition coefficient (Wildman–Crippen LogP) is 2.01. The number of aromatic nitrogens is 1. The number of likely N-dealkylation sites (tertiary alicyclic amines) is 1. The first-order valence-electron chi connectivity index (χ1n) is 5.48. The van der Waals surface area contributed by atoms with Crippen LogP contribution in [0.5, 0.6) is 0 Å². The summed E-state index contributed by atoms with van der Waals surface area (Å²) in [7, 11) is 2.17. The first kappa shape index (κ1) is 11.0. The van der Waals surface area contributed by atoms with Crippen molar-refractivity contribution in [3.63, 3.8) is 0 Å². The molecule has 1 N–H and O–H groups in total. The first-order chi connectivity index (χ1) is 7.16. The van der Waals surface area contributed by atoms with Crippen molar-refractivity contribution in [2.24, 2.45) is 0 Å². The van der Waals surface area contributed by atoms with Crippen LogP contribution in [0, 0.1) is 0 Å². The lowest BCUT2D eigenvalue weighted by Crippen LogP contribution is -2.29. The number of hydrogen-bond acceptors (Lipinski definition) is 4. The van der Waals surface area contributed by atoms with Gasteiger partial charge in [0, 0.05) is 11.3 Å². The molecule has 1 aliphatic heterocycles. The van der Waals surface area contributed by atoms with E-state index in [1.54, 1.807) is 18.3 Å². The Hall–Kier alpha value is -0.450. The van der Waals surface area contributed by atoms with Gasteiger partial charge in [0.25, 0.3) is 0 Å². The van der Waals surface area contributed by atoms with E-state index in [4.69, 9.17) is 0 Å². The summed E-state index contributed by atoms with van der Waals surface area (Å²) in [6.07, 6.45) is 1.97. The van der Waals surface area contributed by atoms with Gasteiger partial charge < -0.3 is 10.0 Å². The smallest absolute Gasteiger partial charge is 0.121 e. The summed E-state index contributed by atoms with van der Waals surface area (Å²) in [6.45, 7) is 4.09. The Labute approximate surface area is 94.8 Å². The fraction of sp³-hybridized carbons (Fsp3) is 0.727. The molecule has 3 nitrogen and oxygen atoms in total. The second-order valence-electron chi connectivity index (χ2n) is 4.36. The third-order valence-corrected chi connectivity index (χ3v) is 4.07. The summed E-state index contributed by atoms with van der Waals surface area (Å²) in [5.41, 5.74) is 1.18. The van der Waals surface area contributed by atoms with E-state index >= 15 is 0 Å². The molecule has 2 rings (SSSR count). The largest absolute Gasteiger partial charge is 0.386 e. The average Bonchev–Trinajstić information content (AvgIpc) is 2.68. The molecule has 1 aromatic heterocycles. The number of nitrogens with zero attached hydrogens (tertiary/aromatic N) is 2. The maximum atomic E-state index is 9.42. The van der Waals surface area contributed by atoms with E-state index in [-0.39, 0.29) is 0 Å². The number of piperidine rings is 1. The van der Waals surface area contributed by atoms with Gasteiger partial charge in [-0.3, -0.25) is 0 Å². The van der Waals surface area contributed by atoms with Crippen molar-refractivity contribution in [3.05, 3.63) is 16.1 Å². The molecule has 1 unspecified atom stereocenters. The quantitative estimate of drug-likeness (QED) is 0.838. The topological polar surface area (TPSA) is 36.4 Å². The lowest BCUT2D eigenvalue weighted by atomic mass is 9.95. The third kappa shape index (κ3) is 2.56. The fourth-order valence-electron chi connectivity index (χ4n) is 1.98. The van der Waals surface area contributed by atoms with E-state index in [9.17, 15) is 5.11 Å². The van der Waals surface area contributed by atoms with Crippen molar-refractivity contribution in [2.75, 3.05) is 20.1 Å². The zero-order chi connectivity index (χ0) is 10.8. The van der Waals surface area contributed by atoms with Crippen LogP contribution in [-0.4, -0.2) is 35.1 Å². The summed E-state index contributed by atoms with van der Waals surface area (Å²) in [4.78, 5) is 6.87.